The standard InChI is InChI=1S/C15H22O/c1-11-5-8-13(2)9-12(11)15(10-16)7-4-6-14(13,15)3/h10,12H,1,4-9H2,2-3H3/t12-,13-,14+,15+/m0/s1. The van der Waals surface area contributed by atoms with E-state index in [1.807, 2.05) is 0 Å². The average molecular weight is 218 g/mol. The first kappa shape index (κ1) is 10.6. The van der Waals surface area contributed by atoms with E-state index in [2.05, 4.69) is 20.4 Å². The van der Waals surface area contributed by atoms with Crippen molar-refractivity contribution < 1.29 is 4.79 Å². The van der Waals surface area contributed by atoms with Crippen molar-refractivity contribution in [2.24, 2.45) is 22.2 Å². The Balaban J connectivity index is 2.20. The van der Waals surface area contributed by atoms with Gasteiger partial charge >= 0.3 is 0 Å². The van der Waals surface area contributed by atoms with Gasteiger partial charge in [-0.05, 0) is 48.9 Å². The molecule has 0 radical (unpaired) electrons. The highest BCUT2D eigenvalue weighted by Gasteiger charge is 2.70. The molecule has 0 unspecified atom stereocenters. The predicted octanol–water partition coefficient (Wildman–Crippen LogP) is 3.74. The molecule has 3 saturated carbocycles. The van der Waals surface area contributed by atoms with Crippen molar-refractivity contribution in [1.29, 1.82) is 0 Å². The van der Waals surface area contributed by atoms with Crippen LogP contribution in [0, 0.1) is 22.2 Å². The molecular weight excluding hydrogens is 196 g/mol. The highest BCUT2D eigenvalue weighted by atomic mass is 16.1. The number of carbonyl (C=O) groups excluding carboxylic acids is 1. The number of rotatable bonds is 1. The predicted molar refractivity (Wildman–Crippen MR) is 65.0 cm³/mol. The largest absolute Gasteiger partial charge is 0.303 e. The van der Waals surface area contributed by atoms with Gasteiger partial charge < -0.3 is 4.79 Å². The first-order chi connectivity index (χ1) is 7.49. The molecule has 1 heteroatoms. The quantitative estimate of drug-likeness (QED) is 0.484. The normalized spacial score (nSPS) is 55.1. The zero-order valence-corrected chi connectivity index (χ0v) is 10.5. The summed E-state index contributed by atoms with van der Waals surface area (Å²) in [6.07, 6.45) is 8.49. The van der Waals surface area contributed by atoms with Crippen molar-refractivity contribution in [3.8, 4) is 0 Å². The summed E-state index contributed by atoms with van der Waals surface area (Å²) in [6.45, 7) is 9.05. The lowest BCUT2D eigenvalue weighted by Crippen LogP contribution is -2.41. The minimum atomic E-state index is -0.0602. The van der Waals surface area contributed by atoms with Gasteiger partial charge in [0.2, 0.25) is 0 Å². The van der Waals surface area contributed by atoms with E-state index in [-0.39, 0.29) is 10.8 Å². The summed E-state index contributed by atoms with van der Waals surface area (Å²) < 4.78 is 0. The maximum atomic E-state index is 11.8. The van der Waals surface area contributed by atoms with E-state index < -0.39 is 0 Å². The SMILES string of the molecule is C=C1CC[C@@]2(C)C[C@@H]1[C@]1(C=O)CCC[C@]21C. The van der Waals surface area contributed by atoms with Crippen molar-refractivity contribution >= 4 is 6.29 Å². The third-order valence-electron chi connectivity index (χ3n) is 6.60. The summed E-state index contributed by atoms with van der Waals surface area (Å²) in [5.41, 5.74) is 1.92. The Hall–Kier alpha value is -0.590. The van der Waals surface area contributed by atoms with E-state index in [0.29, 0.717) is 11.3 Å². The van der Waals surface area contributed by atoms with Crippen LogP contribution in [0.4, 0.5) is 0 Å². The molecule has 3 aliphatic rings. The van der Waals surface area contributed by atoms with Crippen LogP contribution in [0.15, 0.2) is 12.2 Å². The van der Waals surface area contributed by atoms with Gasteiger partial charge in [0.15, 0.2) is 0 Å². The molecule has 3 aliphatic carbocycles. The number of carbonyl (C=O) groups is 1. The van der Waals surface area contributed by atoms with Crippen molar-refractivity contribution in [3.05, 3.63) is 12.2 Å². The topological polar surface area (TPSA) is 17.1 Å². The van der Waals surface area contributed by atoms with Crippen LogP contribution in [-0.4, -0.2) is 6.29 Å². The molecule has 0 aromatic rings. The van der Waals surface area contributed by atoms with Gasteiger partial charge in [0, 0.05) is 5.41 Å². The van der Waals surface area contributed by atoms with E-state index in [1.165, 1.54) is 37.5 Å². The molecule has 3 rings (SSSR count). The van der Waals surface area contributed by atoms with E-state index in [9.17, 15) is 4.79 Å². The minimum absolute atomic E-state index is 0.0602. The van der Waals surface area contributed by atoms with Crippen LogP contribution in [0.25, 0.3) is 0 Å². The molecule has 0 aromatic carbocycles. The van der Waals surface area contributed by atoms with Crippen LogP contribution in [0.2, 0.25) is 0 Å². The molecular formula is C15H22O. The molecule has 3 fully saturated rings. The number of hydrogen-bond donors (Lipinski definition) is 0. The second-order valence-electron chi connectivity index (χ2n) is 6.82. The van der Waals surface area contributed by atoms with E-state index in [0.717, 1.165) is 12.8 Å². The number of allylic oxidation sites excluding steroid dienone is 1. The molecule has 88 valence electrons. The highest BCUT2D eigenvalue weighted by molar-refractivity contribution is 5.66. The van der Waals surface area contributed by atoms with Crippen molar-refractivity contribution in [3.63, 3.8) is 0 Å². The molecule has 0 aliphatic heterocycles. The second-order valence-corrected chi connectivity index (χ2v) is 6.82. The van der Waals surface area contributed by atoms with Crippen LogP contribution in [0.3, 0.4) is 0 Å². The molecule has 4 atom stereocenters. The van der Waals surface area contributed by atoms with Gasteiger partial charge in [-0.25, -0.2) is 0 Å². The average Bonchev–Trinajstić information content (AvgIpc) is 2.67. The minimum Gasteiger partial charge on any atom is -0.303 e. The number of aldehydes is 1. The van der Waals surface area contributed by atoms with Gasteiger partial charge in [0.25, 0.3) is 0 Å². The van der Waals surface area contributed by atoms with Crippen LogP contribution < -0.4 is 0 Å². The number of hydrogen-bond acceptors (Lipinski definition) is 1. The Labute approximate surface area is 98.3 Å². The Bertz CT molecular complexity index is 372. The maximum absolute atomic E-state index is 11.8. The molecule has 0 amide bonds. The summed E-state index contributed by atoms with van der Waals surface area (Å²) in [5.74, 6) is 0.483. The Morgan fingerprint density at radius 3 is 2.75 bits per heavy atom. The van der Waals surface area contributed by atoms with Gasteiger partial charge in [-0.3, -0.25) is 0 Å². The van der Waals surface area contributed by atoms with Crippen molar-refractivity contribution in [1.82, 2.24) is 0 Å². The lowest BCUT2D eigenvalue weighted by molar-refractivity contribution is -0.123. The first-order valence-electron chi connectivity index (χ1n) is 6.63. The van der Waals surface area contributed by atoms with Gasteiger partial charge in [0.1, 0.15) is 6.29 Å². The molecule has 0 saturated heterocycles. The molecule has 2 bridgehead atoms. The fraction of sp³-hybridized carbons (Fsp3) is 0.800. The summed E-state index contributed by atoms with van der Waals surface area (Å²) in [5, 5.41) is 0. The van der Waals surface area contributed by atoms with E-state index in [1.54, 1.807) is 0 Å². The monoisotopic (exact) mass is 218 g/mol. The fourth-order valence-electron chi connectivity index (χ4n) is 5.29. The summed E-state index contributed by atoms with van der Waals surface area (Å²) in [6, 6.07) is 0. The van der Waals surface area contributed by atoms with Gasteiger partial charge in [-0.2, -0.15) is 0 Å². The zero-order chi connectivity index (χ0) is 11.6. The molecule has 0 aromatic heterocycles. The van der Waals surface area contributed by atoms with Gasteiger partial charge in [-0.15, -0.1) is 0 Å². The Kier molecular flexibility index (Phi) is 1.85. The number of fused-ring (bicyclic) bond motifs is 5. The lowest BCUT2D eigenvalue weighted by Gasteiger charge is -2.44. The fourth-order valence-corrected chi connectivity index (χ4v) is 5.29. The molecule has 0 heterocycles. The summed E-state index contributed by atoms with van der Waals surface area (Å²) >= 11 is 0. The Morgan fingerprint density at radius 2 is 2.06 bits per heavy atom. The van der Waals surface area contributed by atoms with E-state index >= 15 is 0 Å². The van der Waals surface area contributed by atoms with Crippen LogP contribution >= 0.6 is 0 Å². The van der Waals surface area contributed by atoms with Crippen LogP contribution in [0.1, 0.15) is 52.4 Å². The zero-order valence-electron chi connectivity index (χ0n) is 10.5. The molecule has 16 heavy (non-hydrogen) atoms. The van der Waals surface area contributed by atoms with Crippen molar-refractivity contribution in [2.45, 2.75) is 52.4 Å². The highest BCUT2D eigenvalue weighted by Crippen LogP contribution is 2.76. The Morgan fingerprint density at radius 1 is 1.31 bits per heavy atom. The van der Waals surface area contributed by atoms with Gasteiger partial charge in [0.05, 0.1) is 0 Å². The van der Waals surface area contributed by atoms with Gasteiger partial charge in [-0.1, -0.05) is 32.4 Å². The summed E-state index contributed by atoms with van der Waals surface area (Å²) in [7, 11) is 0. The first-order valence-corrected chi connectivity index (χ1v) is 6.63. The third-order valence-corrected chi connectivity index (χ3v) is 6.60. The third kappa shape index (κ3) is 0.846. The summed E-state index contributed by atoms with van der Waals surface area (Å²) in [4.78, 5) is 11.8. The molecule has 1 nitrogen and oxygen atoms in total. The molecule has 0 N–H and O–H groups in total. The van der Waals surface area contributed by atoms with Crippen molar-refractivity contribution in [2.75, 3.05) is 0 Å². The molecule has 0 spiro atoms. The van der Waals surface area contributed by atoms with Crippen LogP contribution in [0.5, 0.6) is 0 Å². The lowest BCUT2D eigenvalue weighted by atomic mass is 9.59. The maximum Gasteiger partial charge on any atom is 0.127 e. The van der Waals surface area contributed by atoms with Crippen LogP contribution in [-0.2, 0) is 4.79 Å². The second kappa shape index (κ2) is 2.80. The van der Waals surface area contributed by atoms with E-state index in [4.69, 9.17) is 0 Å². The smallest absolute Gasteiger partial charge is 0.127 e.